The Balaban J connectivity index is 1.61. The van der Waals surface area contributed by atoms with Gasteiger partial charge in [0.15, 0.2) is 11.6 Å². The Labute approximate surface area is 198 Å². The van der Waals surface area contributed by atoms with Crippen LogP contribution in [0.5, 0.6) is 5.75 Å². The van der Waals surface area contributed by atoms with Crippen molar-refractivity contribution in [2.75, 3.05) is 38.2 Å². The number of piperidine rings is 1. The summed E-state index contributed by atoms with van der Waals surface area (Å²) in [6.45, 7) is 4.19. The lowest BCUT2D eigenvalue weighted by Gasteiger charge is -2.31. The van der Waals surface area contributed by atoms with E-state index in [4.69, 9.17) is 10.5 Å². The van der Waals surface area contributed by atoms with Crippen LogP contribution in [0.1, 0.15) is 47.8 Å². The van der Waals surface area contributed by atoms with Gasteiger partial charge in [-0.2, -0.15) is 0 Å². The second-order valence-corrected chi connectivity index (χ2v) is 8.65. The number of carbonyl (C=O) groups excluding carboxylic acids is 3. The molecule has 0 radical (unpaired) electrons. The van der Waals surface area contributed by atoms with Gasteiger partial charge in [0.25, 0.3) is 5.91 Å². The number of fused-ring (bicyclic) bond motifs is 1. The van der Waals surface area contributed by atoms with Gasteiger partial charge in [-0.15, -0.1) is 0 Å². The number of primary amides is 1. The highest BCUT2D eigenvalue weighted by Gasteiger charge is 2.26. The molecule has 1 fully saturated rings. The highest BCUT2D eigenvalue weighted by Crippen LogP contribution is 2.35. The molecule has 180 valence electrons. The molecule has 34 heavy (non-hydrogen) atoms. The first-order chi connectivity index (χ1) is 16.4. The summed E-state index contributed by atoms with van der Waals surface area (Å²) >= 11 is 0. The van der Waals surface area contributed by atoms with Crippen molar-refractivity contribution in [3.63, 3.8) is 0 Å². The largest absolute Gasteiger partial charge is 0.488 e. The molecule has 2 amide bonds. The summed E-state index contributed by atoms with van der Waals surface area (Å²) in [6.07, 6.45) is 6.41. The van der Waals surface area contributed by atoms with Crippen LogP contribution in [0.25, 0.3) is 0 Å². The Morgan fingerprint density at radius 3 is 2.65 bits per heavy atom. The molecule has 2 aromatic heterocycles. The van der Waals surface area contributed by atoms with Crippen LogP contribution in [0, 0.1) is 5.92 Å². The summed E-state index contributed by atoms with van der Waals surface area (Å²) in [5.41, 5.74) is 7.00. The highest BCUT2D eigenvalue weighted by molar-refractivity contribution is 5.95. The first-order valence-corrected chi connectivity index (χ1v) is 11.6. The molecule has 0 bridgehead atoms. The smallest absolute Gasteiger partial charge is 0.255 e. The molecule has 10 heteroatoms. The van der Waals surface area contributed by atoms with E-state index in [0.717, 1.165) is 38.0 Å². The number of amides is 2. The van der Waals surface area contributed by atoms with E-state index in [-0.39, 0.29) is 18.2 Å². The molecule has 0 aromatic carbocycles. The molecule has 1 saturated heterocycles. The van der Waals surface area contributed by atoms with Gasteiger partial charge < -0.3 is 20.3 Å². The minimum Gasteiger partial charge on any atom is -0.488 e. The van der Waals surface area contributed by atoms with E-state index in [1.807, 2.05) is 9.80 Å². The fourth-order valence-electron chi connectivity index (χ4n) is 4.38. The molecule has 2 aliphatic heterocycles. The van der Waals surface area contributed by atoms with Crippen molar-refractivity contribution < 1.29 is 19.1 Å². The van der Waals surface area contributed by atoms with E-state index in [2.05, 4.69) is 9.98 Å². The van der Waals surface area contributed by atoms with Crippen molar-refractivity contribution in [2.24, 2.45) is 16.6 Å². The third-order valence-corrected chi connectivity index (χ3v) is 6.18. The highest BCUT2D eigenvalue weighted by atomic mass is 16.5. The fraction of sp³-hybridized carbons (Fsp3) is 0.458. The van der Waals surface area contributed by atoms with Crippen LogP contribution in [0.4, 0.5) is 11.5 Å². The third-order valence-electron chi connectivity index (χ3n) is 6.18. The van der Waals surface area contributed by atoms with Crippen molar-refractivity contribution in [1.82, 2.24) is 14.5 Å². The van der Waals surface area contributed by atoms with Crippen molar-refractivity contribution >= 4 is 29.2 Å². The first-order valence-electron chi connectivity index (χ1n) is 11.6. The summed E-state index contributed by atoms with van der Waals surface area (Å²) < 4.78 is 7.26. The van der Waals surface area contributed by atoms with Gasteiger partial charge in [0, 0.05) is 56.6 Å². The summed E-state index contributed by atoms with van der Waals surface area (Å²) in [7, 11) is 1.60. The molecule has 1 atom stereocenters. The molecule has 0 spiro atoms. The molecule has 2 aliphatic rings. The standard InChI is InChI=1S/C24H30N6O4/c1-16(12-20(25)31)23(32)30-9-6-18(14-21(30)26-2)29-10-11-34-19-13-17(15-27-22(19)29)24(33)28-7-4-3-5-8-28/h6,9,13-16H,3-5,7-8,10-12H2,1-2H3,(H2,25,31). The number of aromatic nitrogens is 2. The van der Waals surface area contributed by atoms with Crippen molar-refractivity contribution in [3.05, 3.63) is 41.6 Å². The van der Waals surface area contributed by atoms with Crippen molar-refractivity contribution in [1.29, 1.82) is 0 Å². The van der Waals surface area contributed by atoms with Crippen LogP contribution in [-0.2, 0) is 4.79 Å². The molecule has 2 aromatic rings. The molecular weight excluding hydrogens is 436 g/mol. The van der Waals surface area contributed by atoms with E-state index >= 15 is 0 Å². The SMILES string of the molecule is CN=c1cc(N2CCOc3cc(C(=O)N4CCCCC4)cnc32)ccn1C(=O)C(C)CC(N)=O. The Morgan fingerprint density at radius 1 is 1.18 bits per heavy atom. The van der Waals surface area contributed by atoms with Crippen LogP contribution in [0.2, 0.25) is 0 Å². The first kappa shape index (κ1) is 23.5. The number of hydrogen-bond acceptors (Lipinski definition) is 7. The quantitative estimate of drug-likeness (QED) is 0.716. The fourth-order valence-corrected chi connectivity index (χ4v) is 4.38. The van der Waals surface area contributed by atoms with Gasteiger partial charge in [0.1, 0.15) is 12.1 Å². The molecule has 0 aliphatic carbocycles. The minimum atomic E-state index is -0.560. The second kappa shape index (κ2) is 10.1. The lowest BCUT2D eigenvalue weighted by atomic mass is 10.1. The van der Waals surface area contributed by atoms with Crippen LogP contribution in [0.15, 0.2) is 35.6 Å². The number of nitrogens with zero attached hydrogens (tertiary/aromatic N) is 5. The summed E-state index contributed by atoms with van der Waals surface area (Å²) in [4.78, 5) is 49.6. The van der Waals surface area contributed by atoms with Crippen molar-refractivity contribution in [3.8, 4) is 5.75 Å². The Hall–Kier alpha value is -3.69. The minimum absolute atomic E-state index is 0.0212. The molecule has 1 unspecified atom stereocenters. The number of nitrogens with two attached hydrogens (primary N) is 1. The molecule has 0 saturated carbocycles. The van der Waals surface area contributed by atoms with E-state index < -0.39 is 11.8 Å². The van der Waals surface area contributed by atoms with E-state index in [0.29, 0.717) is 35.8 Å². The van der Waals surface area contributed by atoms with Crippen LogP contribution in [0.3, 0.4) is 0 Å². The molecule has 4 heterocycles. The summed E-state index contributed by atoms with van der Waals surface area (Å²) in [6, 6.07) is 5.35. The Bertz CT molecular complexity index is 1170. The van der Waals surface area contributed by atoms with E-state index in [9.17, 15) is 14.4 Å². The number of carbonyl (C=O) groups is 3. The molecule has 4 rings (SSSR count). The average Bonchev–Trinajstić information content (AvgIpc) is 2.86. The molecule has 2 N–H and O–H groups in total. The van der Waals surface area contributed by atoms with Gasteiger partial charge in [0.2, 0.25) is 11.8 Å². The van der Waals surface area contributed by atoms with Gasteiger partial charge >= 0.3 is 0 Å². The predicted octanol–water partition coefficient (Wildman–Crippen LogP) is 1.72. The molecule has 10 nitrogen and oxygen atoms in total. The van der Waals surface area contributed by atoms with E-state index in [1.165, 1.54) is 4.57 Å². The zero-order chi connectivity index (χ0) is 24.2. The predicted molar refractivity (Wildman–Crippen MR) is 126 cm³/mol. The van der Waals surface area contributed by atoms with Gasteiger partial charge in [-0.1, -0.05) is 6.92 Å². The van der Waals surface area contributed by atoms with Crippen LogP contribution < -0.4 is 20.9 Å². The molecular formula is C24H30N6O4. The second-order valence-electron chi connectivity index (χ2n) is 8.65. The summed E-state index contributed by atoms with van der Waals surface area (Å²) in [5, 5.41) is 0. The number of pyridine rings is 2. The number of rotatable bonds is 5. The maximum absolute atomic E-state index is 12.9. The zero-order valence-corrected chi connectivity index (χ0v) is 19.6. The average molecular weight is 467 g/mol. The van der Waals surface area contributed by atoms with Gasteiger partial charge in [0.05, 0.1) is 12.1 Å². The summed E-state index contributed by atoms with van der Waals surface area (Å²) in [5.74, 6) is -0.209. The van der Waals surface area contributed by atoms with Gasteiger partial charge in [-0.25, -0.2) is 4.98 Å². The number of likely N-dealkylation sites (tertiary alicyclic amines) is 1. The third kappa shape index (κ3) is 4.80. The number of ether oxygens (including phenoxy) is 1. The Morgan fingerprint density at radius 2 is 1.94 bits per heavy atom. The number of hydrogen-bond donors (Lipinski definition) is 1. The van der Waals surface area contributed by atoms with Crippen molar-refractivity contribution in [2.45, 2.75) is 32.6 Å². The van der Waals surface area contributed by atoms with Gasteiger partial charge in [-0.05, 0) is 31.4 Å². The topological polar surface area (TPSA) is 123 Å². The normalized spacial score (nSPS) is 17.1. The van der Waals surface area contributed by atoms with E-state index in [1.54, 1.807) is 44.6 Å². The van der Waals surface area contributed by atoms with Crippen LogP contribution >= 0.6 is 0 Å². The zero-order valence-electron chi connectivity index (χ0n) is 19.6. The Kier molecular flexibility index (Phi) is 6.95. The van der Waals surface area contributed by atoms with Crippen LogP contribution in [-0.4, -0.2) is 65.5 Å². The lowest BCUT2D eigenvalue weighted by Crippen LogP contribution is -2.36. The monoisotopic (exact) mass is 466 g/mol. The maximum Gasteiger partial charge on any atom is 0.255 e. The number of anilines is 2. The van der Waals surface area contributed by atoms with Gasteiger partial charge in [-0.3, -0.25) is 23.9 Å². The maximum atomic E-state index is 12.9. The lowest BCUT2D eigenvalue weighted by molar-refractivity contribution is -0.118.